The van der Waals surface area contributed by atoms with Crippen molar-refractivity contribution in [3.63, 3.8) is 0 Å². The molecule has 33 heavy (non-hydrogen) atoms. The standard InChI is InChI=1S/C25H28N2O4S2/c1-4-6-7-14-31-20-13-10-18(15-21(20)30-5-2)16-22-24(29)27(25(32)33-22)26-23(28)19-11-8-17(3)9-12-19/h8-13,15-16H,4-7,14H2,1-3H3,(H,26,28)/b22-16-. The van der Waals surface area contributed by atoms with Crippen LogP contribution < -0.4 is 14.9 Å². The Morgan fingerprint density at radius 1 is 1.09 bits per heavy atom. The Balaban J connectivity index is 1.72. The smallest absolute Gasteiger partial charge is 0.285 e. The summed E-state index contributed by atoms with van der Waals surface area (Å²) in [5.41, 5.74) is 4.88. The van der Waals surface area contributed by atoms with E-state index >= 15 is 0 Å². The lowest BCUT2D eigenvalue weighted by Crippen LogP contribution is -2.44. The maximum atomic E-state index is 12.9. The highest BCUT2D eigenvalue weighted by Gasteiger charge is 2.33. The maximum absolute atomic E-state index is 12.9. The summed E-state index contributed by atoms with van der Waals surface area (Å²) in [5.74, 6) is 0.549. The number of nitrogens with zero attached hydrogens (tertiary/aromatic N) is 1. The van der Waals surface area contributed by atoms with Crippen molar-refractivity contribution >= 4 is 46.2 Å². The lowest BCUT2D eigenvalue weighted by Gasteiger charge is -2.15. The molecule has 1 aliphatic heterocycles. The highest BCUT2D eigenvalue weighted by molar-refractivity contribution is 8.26. The van der Waals surface area contributed by atoms with Crippen LogP contribution in [0.4, 0.5) is 0 Å². The number of nitrogens with one attached hydrogen (secondary N) is 1. The second kappa shape index (κ2) is 11.9. The number of rotatable bonds is 10. The minimum Gasteiger partial charge on any atom is -0.490 e. The fourth-order valence-corrected chi connectivity index (χ4v) is 4.30. The van der Waals surface area contributed by atoms with Crippen molar-refractivity contribution in [1.29, 1.82) is 0 Å². The van der Waals surface area contributed by atoms with Crippen molar-refractivity contribution in [1.82, 2.24) is 10.4 Å². The highest BCUT2D eigenvalue weighted by atomic mass is 32.2. The van der Waals surface area contributed by atoms with Gasteiger partial charge in [-0.1, -0.05) is 55.3 Å². The van der Waals surface area contributed by atoms with E-state index in [1.807, 2.05) is 44.2 Å². The van der Waals surface area contributed by atoms with Crippen molar-refractivity contribution in [2.45, 2.75) is 40.0 Å². The van der Waals surface area contributed by atoms with Gasteiger partial charge in [-0.3, -0.25) is 15.0 Å². The van der Waals surface area contributed by atoms with Crippen molar-refractivity contribution in [3.8, 4) is 11.5 Å². The lowest BCUT2D eigenvalue weighted by atomic mass is 10.1. The molecule has 0 aliphatic carbocycles. The van der Waals surface area contributed by atoms with Gasteiger partial charge >= 0.3 is 0 Å². The second-order valence-corrected chi connectivity index (χ2v) is 9.19. The predicted molar refractivity (Wildman–Crippen MR) is 136 cm³/mol. The number of amides is 2. The Hall–Kier alpha value is -2.84. The number of benzene rings is 2. The minimum absolute atomic E-state index is 0.271. The molecule has 1 aliphatic rings. The number of carbonyl (C=O) groups excluding carboxylic acids is 2. The van der Waals surface area contributed by atoms with E-state index in [0.29, 0.717) is 35.2 Å². The summed E-state index contributed by atoms with van der Waals surface area (Å²) in [6, 6.07) is 12.7. The number of hydrogen-bond acceptors (Lipinski definition) is 6. The SMILES string of the molecule is CCCCCOc1ccc(/C=C2\SC(=S)N(NC(=O)c3ccc(C)cc3)C2=O)cc1OCC. The molecule has 2 amide bonds. The molecule has 0 aromatic heterocycles. The summed E-state index contributed by atoms with van der Waals surface area (Å²) in [6.07, 6.45) is 4.97. The van der Waals surface area contributed by atoms with Crippen LogP contribution in [0.3, 0.4) is 0 Å². The first-order valence-corrected chi connectivity index (χ1v) is 12.2. The van der Waals surface area contributed by atoms with E-state index in [9.17, 15) is 9.59 Å². The number of thiocarbonyl (C=S) groups is 1. The molecule has 0 saturated carbocycles. The normalized spacial score (nSPS) is 14.6. The van der Waals surface area contributed by atoms with E-state index in [2.05, 4.69) is 12.3 Å². The summed E-state index contributed by atoms with van der Waals surface area (Å²) in [7, 11) is 0. The van der Waals surface area contributed by atoms with Gasteiger partial charge in [-0.25, -0.2) is 0 Å². The Morgan fingerprint density at radius 3 is 2.55 bits per heavy atom. The summed E-state index contributed by atoms with van der Waals surface area (Å²) in [6.45, 7) is 7.14. The van der Waals surface area contributed by atoms with Crippen LogP contribution in [0.5, 0.6) is 11.5 Å². The third kappa shape index (κ3) is 6.58. The topological polar surface area (TPSA) is 67.9 Å². The van der Waals surface area contributed by atoms with Crippen LogP contribution in [0.15, 0.2) is 47.4 Å². The molecule has 1 saturated heterocycles. The number of thioether (sulfide) groups is 1. The first-order valence-electron chi connectivity index (χ1n) is 11.0. The van der Waals surface area contributed by atoms with E-state index in [0.717, 1.165) is 47.2 Å². The number of hydrazine groups is 1. The first kappa shape index (κ1) is 24.8. The fraction of sp³-hybridized carbons (Fsp3) is 0.320. The fourth-order valence-electron chi connectivity index (χ4n) is 3.12. The third-order valence-corrected chi connectivity index (χ3v) is 6.19. The highest BCUT2D eigenvalue weighted by Crippen LogP contribution is 2.34. The van der Waals surface area contributed by atoms with Crippen molar-refractivity contribution in [3.05, 3.63) is 64.1 Å². The Labute approximate surface area is 204 Å². The van der Waals surface area contributed by atoms with Crippen molar-refractivity contribution < 1.29 is 19.1 Å². The molecule has 8 heteroatoms. The van der Waals surface area contributed by atoms with Crippen LogP contribution >= 0.6 is 24.0 Å². The summed E-state index contributed by atoms with van der Waals surface area (Å²) in [5, 5.41) is 1.11. The molecule has 0 spiro atoms. The molecule has 0 radical (unpaired) electrons. The van der Waals surface area contributed by atoms with Crippen molar-refractivity contribution in [2.75, 3.05) is 13.2 Å². The quantitative estimate of drug-likeness (QED) is 0.273. The molecule has 2 aromatic rings. The van der Waals surface area contributed by atoms with Crippen LogP contribution in [0, 0.1) is 6.92 Å². The molecule has 1 N–H and O–H groups in total. The van der Waals surface area contributed by atoms with Gasteiger partial charge in [0.1, 0.15) is 0 Å². The molecular weight excluding hydrogens is 456 g/mol. The average molecular weight is 485 g/mol. The number of aryl methyl sites for hydroxylation is 1. The number of hydrogen-bond donors (Lipinski definition) is 1. The predicted octanol–water partition coefficient (Wildman–Crippen LogP) is 5.51. The van der Waals surface area contributed by atoms with Gasteiger partial charge in [0.05, 0.1) is 18.1 Å². The van der Waals surface area contributed by atoms with Crippen LogP contribution in [-0.2, 0) is 4.79 Å². The van der Waals surface area contributed by atoms with Gasteiger partial charge in [0, 0.05) is 5.56 Å². The molecule has 1 fully saturated rings. The zero-order valence-corrected chi connectivity index (χ0v) is 20.7. The Morgan fingerprint density at radius 2 is 1.85 bits per heavy atom. The number of carbonyl (C=O) groups is 2. The van der Waals surface area contributed by atoms with Crippen molar-refractivity contribution in [2.24, 2.45) is 0 Å². The van der Waals surface area contributed by atoms with Crippen LogP contribution in [-0.4, -0.2) is 34.4 Å². The van der Waals surface area contributed by atoms with E-state index in [1.54, 1.807) is 18.2 Å². The zero-order chi connectivity index (χ0) is 23.8. The zero-order valence-electron chi connectivity index (χ0n) is 19.1. The number of unbranched alkanes of at least 4 members (excludes halogenated alkanes) is 2. The first-order chi connectivity index (χ1) is 15.9. The van der Waals surface area contributed by atoms with Gasteiger partial charge in [-0.05, 0) is 68.4 Å². The molecule has 2 aromatic carbocycles. The van der Waals surface area contributed by atoms with Gasteiger partial charge in [0.25, 0.3) is 11.8 Å². The molecular formula is C25H28N2O4S2. The summed E-state index contributed by atoms with van der Waals surface area (Å²) in [4.78, 5) is 25.8. The van der Waals surface area contributed by atoms with Crippen LogP contribution in [0.25, 0.3) is 6.08 Å². The largest absolute Gasteiger partial charge is 0.490 e. The lowest BCUT2D eigenvalue weighted by molar-refractivity contribution is -0.123. The molecule has 0 atom stereocenters. The van der Waals surface area contributed by atoms with E-state index in [1.165, 1.54) is 0 Å². The average Bonchev–Trinajstić information content (AvgIpc) is 3.06. The molecule has 0 unspecified atom stereocenters. The van der Waals surface area contributed by atoms with E-state index < -0.39 is 5.91 Å². The molecule has 1 heterocycles. The minimum atomic E-state index is -0.393. The second-order valence-electron chi connectivity index (χ2n) is 7.52. The Kier molecular flexibility index (Phi) is 8.91. The molecule has 0 bridgehead atoms. The van der Waals surface area contributed by atoms with Gasteiger partial charge in [-0.15, -0.1) is 0 Å². The van der Waals surface area contributed by atoms with E-state index in [-0.39, 0.29) is 10.2 Å². The monoisotopic (exact) mass is 484 g/mol. The van der Waals surface area contributed by atoms with Crippen LogP contribution in [0.2, 0.25) is 0 Å². The number of ether oxygens (including phenoxy) is 2. The van der Waals surface area contributed by atoms with Crippen LogP contribution in [0.1, 0.15) is 54.6 Å². The van der Waals surface area contributed by atoms with Gasteiger partial charge < -0.3 is 9.47 Å². The van der Waals surface area contributed by atoms with Gasteiger partial charge in [0.15, 0.2) is 15.8 Å². The third-order valence-electron chi connectivity index (χ3n) is 4.89. The maximum Gasteiger partial charge on any atom is 0.285 e. The van der Waals surface area contributed by atoms with Gasteiger partial charge in [-0.2, -0.15) is 5.01 Å². The molecule has 6 nitrogen and oxygen atoms in total. The Bertz CT molecular complexity index is 1050. The summed E-state index contributed by atoms with van der Waals surface area (Å²) >= 11 is 6.47. The molecule has 174 valence electrons. The van der Waals surface area contributed by atoms with Gasteiger partial charge in [0.2, 0.25) is 0 Å². The molecule has 3 rings (SSSR count). The summed E-state index contributed by atoms with van der Waals surface area (Å²) < 4.78 is 11.9. The van der Waals surface area contributed by atoms with E-state index in [4.69, 9.17) is 21.7 Å².